The van der Waals surface area contributed by atoms with E-state index < -0.39 is 5.97 Å². The van der Waals surface area contributed by atoms with Crippen LogP contribution in [0.3, 0.4) is 0 Å². The number of hydrogen-bond donors (Lipinski definition) is 2. The van der Waals surface area contributed by atoms with Crippen LogP contribution in [0, 0.1) is 5.92 Å². The van der Waals surface area contributed by atoms with Gasteiger partial charge in [0.15, 0.2) is 0 Å². The summed E-state index contributed by atoms with van der Waals surface area (Å²) in [5, 5.41) is 16.0. The fourth-order valence-corrected chi connectivity index (χ4v) is 2.58. The average Bonchev–Trinajstić information content (AvgIpc) is 2.75. The van der Waals surface area contributed by atoms with Gasteiger partial charge in [-0.1, -0.05) is 0 Å². The molecule has 2 rings (SSSR count). The second-order valence-electron chi connectivity index (χ2n) is 3.74. The topological polar surface area (TPSA) is 49.3 Å². The first-order valence-corrected chi connectivity index (χ1v) is 5.67. The number of halogens is 1. The molecule has 3 nitrogen and oxygen atoms in total. The van der Waals surface area contributed by atoms with E-state index in [4.69, 9.17) is 5.11 Å². The smallest absolute Gasteiger partial charge is 0.320 e. The Morgan fingerprint density at radius 2 is 2.47 bits per heavy atom. The normalized spacial score (nSPS) is 24.8. The third-order valence-corrected chi connectivity index (χ3v) is 3.36. The van der Waals surface area contributed by atoms with E-state index in [2.05, 4.69) is 22.1 Å². The summed E-state index contributed by atoms with van der Waals surface area (Å²) in [6.07, 6.45) is 1.76. The van der Waals surface area contributed by atoms with Crippen molar-refractivity contribution in [3.8, 4) is 0 Å². The number of carbonyl (C=O) groups is 1. The van der Waals surface area contributed by atoms with E-state index >= 15 is 0 Å². The van der Waals surface area contributed by atoms with Crippen LogP contribution in [-0.4, -0.2) is 23.7 Å². The van der Waals surface area contributed by atoms with Gasteiger partial charge in [-0.15, -0.1) is 12.4 Å². The third-order valence-electron chi connectivity index (χ3n) is 2.62. The lowest BCUT2D eigenvalue weighted by atomic mass is 9.98. The summed E-state index contributed by atoms with van der Waals surface area (Å²) in [6, 6.07) is 1.78. The number of nitrogens with one attached hydrogen (secondary N) is 1. The molecule has 1 aromatic heterocycles. The predicted molar refractivity (Wildman–Crippen MR) is 62.8 cm³/mol. The van der Waals surface area contributed by atoms with Crippen LogP contribution < -0.4 is 5.32 Å². The third kappa shape index (κ3) is 3.19. The van der Waals surface area contributed by atoms with E-state index in [0.717, 1.165) is 19.4 Å². The maximum Gasteiger partial charge on any atom is 0.320 e. The highest BCUT2D eigenvalue weighted by Crippen LogP contribution is 2.20. The van der Waals surface area contributed by atoms with Crippen LogP contribution in [0.5, 0.6) is 0 Å². The molecule has 1 aliphatic rings. The molecule has 0 aliphatic carbocycles. The summed E-state index contributed by atoms with van der Waals surface area (Å²) in [7, 11) is 0. The first-order valence-electron chi connectivity index (χ1n) is 4.73. The van der Waals surface area contributed by atoms with Gasteiger partial charge >= 0.3 is 5.97 Å². The number of carboxylic acids is 1. The maximum atomic E-state index is 10.7. The fourth-order valence-electron chi connectivity index (χ4n) is 1.89. The molecule has 1 saturated heterocycles. The predicted octanol–water partition coefficient (Wildman–Crippen LogP) is 1.78. The molecule has 15 heavy (non-hydrogen) atoms. The highest BCUT2D eigenvalue weighted by molar-refractivity contribution is 7.07. The van der Waals surface area contributed by atoms with Gasteiger partial charge in [0.25, 0.3) is 0 Å². The standard InChI is InChI=1S/C10H13NO2S.ClH/c12-10(13)9-4-8(5-11-9)3-7-1-2-14-6-7;/h1-2,6,8-9,11H,3-5H2,(H,12,13);1H/t8-,9-;/m1./s1. The molecule has 0 saturated carbocycles. The Morgan fingerprint density at radius 3 is 3.00 bits per heavy atom. The molecular formula is C10H14ClNO2S. The molecule has 1 aromatic rings. The van der Waals surface area contributed by atoms with Crippen LogP contribution in [0.1, 0.15) is 12.0 Å². The van der Waals surface area contributed by atoms with Gasteiger partial charge in [0, 0.05) is 0 Å². The minimum atomic E-state index is -0.724. The molecule has 0 aromatic carbocycles. The van der Waals surface area contributed by atoms with Gasteiger partial charge < -0.3 is 10.4 Å². The number of thiophene rings is 1. The minimum Gasteiger partial charge on any atom is -0.480 e. The second-order valence-corrected chi connectivity index (χ2v) is 4.52. The van der Waals surface area contributed by atoms with Crippen molar-refractivity contribution in [1.82, 2.24) is 5.32 Å². The lowest BCUT2D eigenvalue weighted by Gasteiger charge is -2.05. The molecule has 2 N–H and O–H groups in total. The monoisotopic (exact) mass is 247 g/mol. The molecule has 0 amide bonds. The van der Waals surface area contributed by atoms with E-state index in [1.165, 1.54) is 5.56 Å². The van der Waals surface area contributed by atoms with Crippen molar-refractivity contribution in [2.24, 2.45) is 5.92 Å². The molecular weight excluding hydrogens is 234 g/mol. The Labute approximate surface area is 98.9 Å². The lowest BCUT2D eigenvalue weighted by molar-refractivity contribution is -0.139. The highest BCUT2D eigenvalue weighted by Gasteiger charge is 2.28. The zero-order valence-electron chi connectivity index (χ0n) is 8.18. The summed E-state index contributed by atoms with van der Waals surface area (Å²) in [6.45, 7) is 0.826. The highest BCUT2D eigenvalue weighted by atomic mass is 35.5. The quantitative estimate of drug-likeness (QED) is 0.856. The van der Waals surface area contributed by atoms with E-state index in [9.17, 15) is 4.79 Å². The van der Waals surface area contributed by atoms with Crippen molar-refractivity contribution in [3.05, 3.63) is 22.4 Å². The van der Waals surface area contributed by atoms with Gasteiger partial charge in [-0.25, -0.2) is 0 Å². The summed E-state index contributed by atoms with van der Waals surface area (Å²) in [5.74, 6) is -0.247. The van der Waals surface area contributed by atoms with Gasteiger partial charge in [0.2, 0.25) is 0 Å². The minimum absolute atomic E-state index is 0. The molecule has 0 spiro atoms. The summed E-state index contributed by atoms with van der Waals surface area (Å²) >= 11 is 1.69. The van der Waals surface area contributed by atoms with E-state index in [0.29, 0.717) is 5.92 Å². The second kappa shape index (κ2) is 5.49. The van der Waals surface area contributed by atoms with Gasteiger partial charge in [-0.05, 0) is 47.7 Å². The van der Waals surface area contributed by atoms with Gasteiger partial charge in [-0.2, -0.15) is 11.3 Å². The van der Waals surface area contributed by atoms with Crippen molar-refractivity contribution in [1.29, 1.82) is 0 Å². The number of carboxylic acid groups (broad SMARTS) is 1. The molecule has 1 fully saturated rings. The number of rotatable bonds is 3. The van der Waals surface area contributed by atoms with Gasteiger partial charge in [-0.3, -0.25) is 4.79 Å². The van der Waals surface area contributed by atoms with Crippen LogP contribution in [0.2, 0.25) is 0 Å². The average molecular weight is 248 g/mol. The van der Waals surface area contributed by atoms with E-state index in [1.54, 1.807) is 11.3 Å². The number of hydrogen-bond acceptors (Lipinski definition) is 3. The SMILES string of the molecule is Cl.O=C(O)[C@H]1C[C@@H](Cc2ccsc2)CN1. The van der Waals surface area contributed by atoms with Crippen molar-refractivity contribution < 1.29 is 9.90 Å². The van der Waals surface area contributed by atoms with Crippen LogP contribution in [0.25, 0.3) is 0 Å². The maximum absolute atomic E-state index is 10.7. The van der Waals surface area contributed by atoms with Crippen molar-refractivity contribution in [2.45, 2.75) is 18.9 Å². The van der Waals surface area contributed by atoms with E-state index in [-0.39, 0.29) is 18.4 Å². The summed E-state index contributed by atoms with van der Waals surface area (Å²) in [5.41, 5.74) is 1.33. The first-order chi connectivity index (χ1) is 6.75. The summed E-state index contributed by atoms with van der Waals surface area (Å²) in [4.78, 5) is 10.7. The first kappa shape index (κ1) is 12.5. The molecule has 0 radical (unpaired) electrons. The van der Waals surface area contributed by atoms with Crippen LogP contribution in [0.4, 0.5) is 0 Å². The molecule has 0 unspecified atom stereocenters. The van der Waals surface area contributed by atoms with Crippen LogP contribution in [-0.2, 0) is 11.2 Å². The molecule has 2 atom stereocenters. The van der Waals surface area contributed by atoms with Crippen molar-refractivity contribution in [2.75, 3.05) is 6.54 Å². The number of aliphatic carboxylic acids is 1. The van der Waals surface area contributed by atoms with E-state index in [1.807, 2.05) is 0 Å². The zero-order valence-corrected chi connectivity index (χ0v) is 9.81. The Hall–Kier alpha value is -0.580. The Morgan fingerprint density at radius 1 is 1.67 bits per heavy atom. The van der Waals surface area contributed by atoms with Crippen LogP contribution in [0.15, 0.2) is 16.8 Å². The lowest BCUT2D eigenvalue weighted by Crippen LogP contribution is -2.29. The van der Waals surface area contributed by atoms with Gasteiger partial charge in [0.05, 0.1) is 0 Å². The molecule has 84 valence electrons. The summed E-state index contributed by atoms with van der Waals surface area (Å²) < 4.78 is 0. The Bertz CT molecular complexity index is 315. The fraction of sp³-hybridized carbons (Fsp3) is 0.500. The molecule has 1 aliphatic heterocycles. The Kier molecular flexibility index (Phi) is 4.57. The largest absolute Gasteiger partial charge is 0.480 e. The van der Waals surface area contributed by atoms with Gasteiger partial charge in [0.1, 0.15) is 6.04 Å². The molecule has 5 heteroatoms. The Balaban J connectivity index is 0.00000112. The van der Waals surface area contributed by atoms with Crippen molar-refractivity contribution in [3.63, 3.8) is 0 Å². The van der Waals surface area contributed by atoms with Crippen molar-refractivity contribution >= 4 is 29.7 Å². The van der Waals surface area contributed by atoms with Crippen LogP contribution >= 0.6 is 23.7 Å². The molecule has 0 bridgehead atoms. The zero-order chi connectivity index (χ0) is 9.97. The molecule has 2 heterocycles.